The molecule has 5 nitrogen and oxygen atoms in total. The lowest BCUT2D eigenvalue weighted by Crippen LogP contribution is -2.39. The fourth-order valence-electron chi connectivity index (χ4n) is 2.79. The maximum Gasteiger partial charge on any atom is 0.276 e. The molecular formula is C16H19ClN4O. The second-order valence-electron chi connectivity index (χ2n) is 5.93. The van der Waals surface area contributed by atoms with E-state index >= 15 is 0 Å². The van der Waals surface area contributed by atoms with Gasteiger partial charge in [-0.3, -0.25) is 4.79 Å². The number of hydrogen-bond donors (Lipinski definition) is 0. The molecule has 0 N–H and O–H groups in total. The Kier molecular flexibility index (Phi) is 4.43. The Balaban J connectivity index is 1.67. The number of hydrogen-bond acceptors (Lipinski definition) is 3. The zero-order valence-electron chi connectivity index (χ0n) is 12.6. The molecule has 116 valence electrons. The first-order valence-corrected chi connectivity index (χ1v) is 7.93. The Bertz CT molecular complexity index is 652. The van der Waals surface area contributed by atoms with Gasteiger partial charge in [-0.15, -0.1) is 5.10 Å². The third-order valence-electron chi connectivity index (χ3n) is 3.96. The van der Waals surface area contributed by atoms with E-state index in [9.17, 15) is 4.79 Å². The highest BCUT2D eigenvalue weighted by molar-refractivity contribution is 6.30. The highest BCUT2D eigenvalue weighted by Gasteiger charge is 2.24. The topological polar surface area (TPSA) is 51.0 Å². The Labute approximate surface area is 134 Å². The number of aromatic nitrogens is 3. The fraction of sp³-hybridized carbons (Fsp3) is 0.438. The summed E-state index contributed by atoms with van der Waals surface area (Å²) in [6.45, 7) is 4.38. The molecule has 0 radical (unpaired) electrons. The molecule has 6 heteroatoms. The van der Waals surface area contributed by atoms with Gasteiger partial charge in [0.2, 0.25) is 0 Å². The Morgan fingerprint density at radius 1 is 1.36 bits per heavy atom. The maximum absolute atomic E-state index is 12.4. The van der Waals surface area contributed by atoms with E-state index in [0.717, 1.165) is 25.1 Å². The van der Waals surface area contributed by atoms with E-state index in [1.165, 1.54) is 6.42 Å². The molecule has 22 heavy (non-hydrogen) atoms. The van der Waals surface area contributed by atoms with E-state index in [2.05, 4.69) is 17.2 Å². The van der Waals surface area contributed by atoms with E-state index in [4.69, 9.17) is 11.6 Å². The maximum atomic E-state index is 12.4. The molecule has 1 unspecified atom stereocenters. The van der Waals surface area contributed by atoms with Crippen LogP contribution in [0.5, 0.6) is 0 Å². The van der Waals surface area contributed by atoms with Crippen LogP contribution in [0.1, 0.15) is 35.8 Å². The molecule has 2 aromatic rings. The molecule has 0 saturated carbocycles. The normalized spacial score (nSPS) is 18.5. The molecule has 0 aliphatic carbocycles. The van der Waals surface area contributed by atoms with Crippen molar-refractivity contribution < 1.29 is 4.79 Å². The van der Waals surface area contributed by atoms with Crippen molar-refractivity contribution in [3.8, 4) is 0 Å². The molecule has 0 spiro atoms. The summed E-state index contributed by atoms with van der Waals surface area (Å²) in [5.74, 6) is 0.538. The Hall–Kier alpha value is -1.88. The first kappa shape index (κ1) is 15.0. The summed E-state index contributed by atoms with van der Waals surface area (Å²) in [5.41, 5.74) is 1.49. The number of piperidine rings is 1. The minimum Gasteiger partial charge on any atom is -0.337 e. The summed E-state index contributed by atoms with van der Waals surface area (Å²) in [5, 5.41) is 8.79. The van der Waals surface area contributed by atoms with Crippen molar-refractivity contribution in [1.29, 1.82) is 0 Å². The van der Waals surface area contributed by atoms with Gasteiger partial charge in [0.25, 0.3) is 5.91 Å². The molecule has 2 heterocycles. The zero-order chi connectivity index (χ0) is 15.5. The van der Waals surface area contributed by atoms with Crippen molar-refractivity contribution in [2.24, 2.45) is 5.92 Å². The molecular weight excluding hydrogens is 300 g/mol. The van der Waals surface area contributed by atoms with E-state index in [0.29, 0.717) is 23.2 Å². The number of nitrogens with zero attached hydrogens (tertiary/aromatic N) is 4. The van der Waals surface area contributed by atoms with Crippen LogP contribution in [0, 0.1) is 5.92 Å². The second kappa shape index (κ2) is 6.48. The first-order chi connectivity index (χ1) is 10.6. The average molecular weight is 319 g/mol. The lowest BCUT2D eigenvalue weighted by atomic mass is 10.0. The number of carbonyl (C=O) groups is 1. The van der Waals surface area contributed by atoms with Crippen LogP contribution in [-0.4, -0.2) is 38.9 Å². The van der Waals surface area contributed by atoms with E-state index in [-0.39, 0.29) is 5.91 Å². The van der Waals surface area contributed by atoms with Crippen molar-refractivity contribution in [3.05, 3.63) is 46.7 Å². The van der Waals surface area contributed by atoms with Gasteiger partial charge in [0.15, 0.2) is 5.69 Å². The fourth-order valence-corrected chi connectivity index (χ4v) is 2.91. The second-order valence-corrected chi connectivity index (χ2v) is 6.36. The van der Waals surface area contributed by atoms with Gasteiger partial charge in [0.05, 0.1) is 12.7 Å². The summed E-state index contributed by atoms with van der Waals surface area (Å²) in [4.78, 5) is 14.3. The molecule has 0 bridgehead atoms. The highest BCUT2D eigenvalue weighted by Crippen LogP contribution is 2.17. The number of rotatable bonds is 3. The van der Waals surface area contributed by atoms with Crippen LogP contribution in [0.25, 0.3) is 0 Å². The smallest absolute Gasteiger partial charge is 0.276 e. The SMILES string of the molecule is CC1CCCN(C(=O)c2cn(Cc3ccc(Cl)cc3)nn2)C1. The molecule has 1 atom stereocenters. The zero-order valence-corrected chi connectivity index (χ0v) is 13.3. The number of benzene rings is 1. The van der Waals surface area contributed by atoms with Crippen LogP contribution in [0.15, 0.2) is 30.5 Å². The van der Waals surface area contributed by atoms with Crippen LogP contribution >= 0.6 is 11.6 Å². The molecule has 1 aliphatic heterocycles. The summed E-state index contributed by atoms with van der Waals surface area (Å²) in [7, 11) is 0. The van der Waals surface area contributed by atoms with E-state index in [1.54, 1.807) is 10.9 Å². The molecule has 1 aromatic heterocycles. The molecule has 1 saturated heterocycles. The van der Waals surface area contributed by atoms with Gasteiger partial charge in [-0.2, -0.15) is 0 Å². The first-order valence-electron chi connectivity index (χ1n) is 7.55. The highest BCUT2D eigenvalue weighted by atomic mass is 35.5. The van der Waals surface area contributed by atoms with Crippen LogP contribution in [0.3, 0.4) is 0 Å². The third-order valence-corrected chi connectivity index (χ3v) is 4.21. The quantitative estimate of drug-likeness (QED) is 0.874. The number of carbonyl (C=O) groups excluding carboxylic acids is 1. The Morgan fingerprint density at radius 3 is 2.86 bits per heavy atom. The predicted octanol–water partition coefficient (Wildman–Crippen LogP) is 2.85. The number of halogens is 1. The standard InChI is InChI=1S/C16H19ClN4O/c1-12-3-2-8-20(9-12)16(22)15-11-21(19-18-15)10-13-4-6-14(17)7-5-13/h4-7,11-12H,2-3,8-10H2,1H3. The van der Waals surface area contributed by atoms with Crippen LogP contribution in [0.2, 0.25) is 5.02 Å². The minimum absolute atomic E-state index is 0.0195. The predicted molar refractivity (Wildman–Crippen MR) is 84.9 cm³/mol. The van der Waals surface area contributed by atoms with Gasteiger partial charge >= 0.3 is 0 Å². The third kappa shape index (κ3) is 3.47. The number of likely N-dealkylation sites (tertiary alicyclic amines) is 1. The monoisotopic (exact) mass is 318 g/mol. The van der Waals surface area contributed by atoms with Gasteiger partial charge in [-0.05, 0) is 36.5 Å². The van der Waals surface area contributed by atoms with Crippen LogP contribution in [0.4, 0.5) is 0 Å². The van der Waals surface area contributed by atoms with Crippen LogP contribution < -0.4 is 0 Å². The van der Waals surface area contributed by atoms with Crippen molar-refractivity contribution in [2.75, 3.05) is 13.1 Å². The Morgan fingerprint density at radius 2 is 2.14 bits per heavy atom. The van der Waals surface area contributed by atoms with Crippen molar-refractivity contribution in [1.82, 2.24) is 19.9 Å². The van der Waals surface area contributed by atoms with Gasteiger partial charge in [0, 0.05) is 18.1 Å². The van der Waals surface area contributed by atoms with Gasteiger partial charge in [0.1, 0.15) is 0 Å². The van der Waals surface area contributed by atoms with Gasteiger partial charge < -0.3 is 4.90 Å². The number of amides is 1. The summed E-state index contributed by atoms with van der Waals surface area (Å²) >= 11 is 5.87. The lowest BCUT2D eigenvalue weighted by Gasteiger charge is -2.30. The average Bonchev–Trinajstić information content (AvgIpc) is 2.97. The summed E-state index contributed by atoms with van der Waals surface area (Å²) < 4.78 is 1.68. The minimum atomic E-state index is -0.0195. The largest absolute Gasteiger partial charge is 0.337 e. The molecule has 1 aliphatic rings. The van der Waals surface area contributed by atoms with Crippen LogP contribution in [-0.2, 0) is 6.54 Å². The lowest BCUT2D eigenvalue weighted by molar-refractivity contribution is 0.0677. The molecule has 3 rings (SSSR count). The van der Waals surface area contributed by atoms with E-state index in [1.807, 2.05) is 29.2 Å². The molecule has 1 fully saturated rings. The molecule has 1 amide bonds. The van der Waals surface area contributed by atoms with E-state index < -0.39 is 0 Å². The molecule has 1 aromatic carbocycles. The van der Waals surface area contributed by atoms with Gasteiger partial charge in [-0.25, -0.2) is 4.68 Å². The van der Waals surface area contributed by atoms with Crippen molar-refractivity contribution in [3.63, 3.8) is 0 Å². The van der Waals surface area contributed by atoms with Crippen molar-refractivity contribution >= 4 is 17.5 Å². The summed E-state index contributed by atoms with van der Waals surface area (Å²) in [6, 6.07) is 7.57. The summed E-state index contributed by atoms with van der Waals surface area (Å²) in [6.07, 6.45) is 3.97. The van der Waals surface area contributed by atoms with Gasteiger partial charge in [-0.1, -0.05) is 35.9 Å². The van der Waals surface area contributed by atoms with Crippen molar-refractivity contribution in [2.45, 2.75) is 26.3 Å².